The molecule has 0 saturated heterocycles. The van der Waals surface area contributed by atoms with Crippen LogP contribution in [0.5, 0.6) is 11.6 Å². The molecule has 20 heavy (non-hydrogen) atoms. The normalized spacial score (nSPS) is 10.2. The number of nitrogens with one attached hydrogen (secondary N) is 1. The van der Waals surface area contributed by atoms with Crippen LogP contribution in [0.3, 0.4) is 0 Å². The average Bonchev–Trinajstić information content (AvgIpc) is 2.88. The molecule has 6 heteroatoms. The second-order valence-electron chi connectivity index (χ2n) is 4.08. The van der Waals surface area contributed by atoms with Crippen LogP contribution in [-0.2, 0) is 0 Å². The van der Waals surface area contributed by atoms with Gasteiger partial charge in [-0.15, -0.1) is 5.10 Å². The first kappa shape index (κ1) is 14.1. The van der Waals surface area contributed by atoms with Gasteiger partial charge in [-0.25, -0.2) is 5.10 Å². The molecule has 0 spiro atoms. The lowest BCUT2D eigenvalue weighted by Crippen LogP contribution is -1.98. The Labute approximate surface area is 116 Å². The number of nitrogens with zero attached hydrogens (tertiary/aromatic N) is 2. The fourth-order valence-electron chi connectivity index (χ4n) is 1.52. The van der Waals surface area contributed by atoms with E-state index in [2.05, 4.69) is 34.2 Å². The summed E-state index contributed by atoms with van der Waals surface area (Å²) >= 11 is 0. The lowest BCUT2D eigenvalue weighted by atomic mass is 10.2. The van der Waals surface area contributed by atoms with Crippen LogP contribution < -0.4 is 4.74 Å². The van der Waals surface area contributed by atoms with E-state index in [-0.39, 0.29) is 11.6 Å². The smallest absolute Gasteiger partial charge is 0.244 e. The number of H-pyrrole nitrogens is 1. The van der Waals surface area contributed by atoms with Crippen molar-refractivity contribution in [2.75, 3.05) is 0 Å². The highest BCUT2D eigenvalue weighted by Crippen LogP contribution is 2.24. The molecule has 2 aromatic rings. The summed E-state index contributed by atoms with van der Waals surface area (Å²) in [7, 11) is 0. The molecule has 1 heterocycles. The molecule has 0 fully saturated rings. The van der Waals surface area contributed by atoms with Crippen molar-refractivity contribution in [3.63, 3.8) is 0 Å². The summed E-state index contributed by atoms with van der Waals surface area (Å²) < 4.78 is 5.49. The minimum atomic E-state index is -1.74. The summed E-state index contributed by atoms with van der Waals surface area (Å²) in [6.07, 6.45) is 0.119. The molecule has 0 aliphatic carbocycles. The van der Waals surface area contributed by atoms with E-state index in [0.29, 0.717) is 5.75 Å². The van der Waals surface area contributed by atoms with Gasteiger partial charge in [-0.2, -0.15) is 0 Å². The Morgan fingerprint density at radius 2 is 2.25 bits per heavy atom. The van der Waals surface area contributed by atoms with E-state index in [1.54, 1.807) is 12.1 Å². The molecule has 0 unspecified atom stereocenters. The van der Waals surface area contributed by atoms with E-state index in [9.17, 15) is 0 Å². The van der Waals surface area contributed by atoms with E-state index >= 15 is 0 Å². The SMILES string of the molecule is CCCC#Cc1cccc(Oc2[nH]nnc2C(O)O)c1. The Hall–Kier alpha value is -2.36. The van der Waals surface area contributed by atoms with Crippen LogP contribution in [0.15, 0.2) is 24.3 Å². The van der Waals surface area contributed by atoms with E-state index < -0.39 is 6.29 Å². The van der Waals surface area contributed by atoms with Crippen molar-refractivity contribution in [3.8, 4) is 23.5 Å². The number of aromatic amines is 1. The molecule has 3 N–H and O–H groups in total. The van der Waals surface area contributed by atoms with Crippen molar-refractivity contribution in [1.29, 1.82) is 0 Å². The Bertz CT molecular complexity index is 626. The number of benzene rings is 1. The molecule has 0 saturated carbocycles. The zero-order chi connectivity index (χ0) is 14.4. The van der Waals surface area contributed by atoms with Gasteiger partial charge in [-0.05, 0) is 24.6 Å². The largest absolute Gasteiger partial charge is 0.437 e. The van der Waals surface area contributed by atoms with Crippen molar-refractivity contribution in [3.05, 3.63) is 35.5 Å². The standard InChI is InChI=1S/C14H15N3O3/c1-2-3-4-6-10-7-5-8-11(9-10)20-13-12(14(18)19)15-17-16-13/h5,7-9,14,18-19H,2-3H2,1H3,(H,15,16,17). The van der Waals surface area contributed by atoms with Crippen LogP contribution in [-0.4, -0.2) is 25.6 Å². The molecule has 104 valence electrons. The summed E-state index contributed by atoms with van der Waals surface area (Å²) in [5.41, 5.74) is 0.766. The number of aliphatic hydroxyl groups excluding tert-OH is 1. The first-order chi connectivity index (χ1) is 9.70. The molecule has 0 bridgehead atoms. The maximum absolute atomic E-state index is 9.10. The molecular formula is C14H15N3O3. The van der Waals surface area contributed by atoms with Gasteiger partial charge in [-0.3, -0.25) is 0 Å². The van der Waals surface area contributed by atoms with Gasteiger partial charge < -0.3 is 14.9 Å². The number of unbranched alkanes of at least 4 members (excludes halogenated alkanes) is 1. The van der Waals surface area contributed by atoms with Gasteiger partial charge in [0, 0.05) is 12.0 Å². The third-order valence-electron chi connectivity index (χ3n) is 2.45. The van der Waals surface area contributed by atoms with Gasteiger partial charge in [0.05, 0.1) is 0 Å². The quantitative estimate of drug-likeness (QED) is 0.583. The van der Waals surface area contributed by atoms with Gasteiger partial charge in [0.15, 0.2) is 5.69 Å². The molecule has 0 radical (unpaired) electrons. The minimum Gasteiger partial charge on any atom is -0.437 e. The number of aromatic nitrogens is 3. The van der Waals surface area contributed by atoms with Crippen molar-refractivity contribution in [2.45, 2.75) is 26.1 Å². The first-order valence-electron chi connectivity index (χ1n) is 6.24. The highest BCUT2D eigenvalue weighted by atomic mass is 16.5. The fraction of sp³-hybridized carbons (Fsp3) is 0.286. The molecule has 1 aromatic carbocycles. The second kappa shape index (κ2) is 6.70. The van der Waals surface area contributed by atoms with E-state index in [1.807, 2.05) is 12.1 Å². The minimum absolute atomic E-state index is 0.0625. The molecule has 0 aliphatic heterocycles. The number of aliphatic hydroxyl groups is 2. The predicted octanol–water partition coefficient (Wildman–Crippen LogP) is 1.73. The Kier molecular flexibility index (Phi) is 4.71. The zero-order valence-electron chi connectivity index (χ0n) is 11.0. The highest BCUT2D eigenvalue weighted by Gasteiger charge is 2.16. The molecule has 0 amide bonds. The predicted molar refractivity (Wildman–Crippen MR) is 71.9 cm³/mol. The van der Waals surface area contributed by atoms with Crippen LogP contribution >= 0.6 is 0 Å². The summed E-state index contributed by atoms with van der Waals surface area (Å²) in [6.45, 7) is 2.07. The van der Waals surface area contributed by atoms with Crippen LogP contribution in [0.4, 0.5) is 0 Å². The van der Waals surface area contributed by atoms with Crippen molar-refractivity contribution < 1.29 is 14.9 Å². The highest BCUT2D eigenvalue weighted by molar-refractivity contribution is 5.41. The molecule has 0 aliphatic rings. The van der Waals surface area contributed by atoms with Crippen LogP contribution in [0, 0.1) is 11.8 Å². The van der Waals surface area contributed by atoms with Crippen LogP contribution in [0.2, 0.25) is 0 Å². The molecule has 1 aromatic heterocycles. The van der Waals surface area contributed by atoms with Crippen LogP contribution in [0.25, 0.3) is 0 Å². The maximum Gasteiger partial charge on any atom is 0.244 e. The van der Waals surface area contributed by atoms with Gasteiger partial charge in [0.1, 0.15) is 5.75 Å². The van der Waals surface area contributed by atoms with Crippen molar-refractivity contribution in [2.24, 2.45) is 0 Å². The fourth-order valence-corrected chi connectivity index (χ4v) is 1.52. The number of hydrogen-bond donors (Lipinski definition) is 3. The third-order valence-corrected chi connectivity index (χ3v) is 2.45. The third kappa shape index (κ3) is 3.57. The Balaban J connectivity index is 2.16. The summed E-state index contributed by atoms with van der Waals surface area (Å²) in [6, 6.07) is 7.18. The van der Waals surface area contributed by atoms with Crippen molar-refractivity contribution >= 4 is 0 Å². The van der Waals surface area contributed by atoms with E-state index in [0.717, 1.165) is 18.4 Å². The monoisotopic (exact) mass is 273 g/mol. The summed E-state index contributed by atoms with van der Waals surface area (Å²) in [5.74, 6) is 6.69. The Morgan fingerprint density at radius 1 is 1.40 bits per heavy atom. The molecule has 0 atom stereocenters. The number of ether oxygens (including phenoxy) is 1. The van der Waals surface area contributed by atoms with E-state index in [4.69, 9.17) is 14.9 Å². The molecular weight excluding hydrogens is 258 g/mol. The zero-order valence-corrected chi connectivity index (χ0v) is 11.0. The number of hydrogen-bond acceptors (Lipinski definition) is 5. The molecule has 2 rings (SSSR count). The Morgan fingerprint density at radius 3 is 3.00 bits per heavy atom. The van der Waals surface area contributed by atoms with E-state index in [1.165, 1.54) is 0 Å². The van der Waals surface area contributed by atoms with Gasteiger partial charge in [0.2, 0.25) is 12.2 Å². The average molecular weight is 273 g/mol. The topological polar surface area (TPSA) is 91.3 Å². The lowest BCUT2D eigenvalue weighted by Gasteiger charge is -2.05. The van der Waals surface area contributed by atoms with Crippen molar-refractivity contribution in [1.82, 2.24) is 15.4 Å². The number of rotatable bonds is 4. The van der Waals surface area contributed by atoms with Gasteiger partial charge in [0.25, 0.3) is 0 Å². The first-order valence-corrected chi connectivity index (χ1v) is 6.24. The molecule has 6 nitrogen and oxygen atoms in total. The maximum atomic E-state index is 9.10. The van der Waals surface area contributed by atoms with Crippen LogP contribution in [0.1, 0.15) is 37.3 Å². The van der Waals surface area contributed by atoms with Gasteiger partial charge in [-0.1, -0.05) is 30.0 Å². The van der Waals surface area contributed by atoms with Gasteiger partial charge >= 0.3 is 0 Å². The summed E-state index contributed by atoms with van der Waals surface area (Å²) in [4.78, 5) is 0. The lowest BCUT2D eigenvalue weighted by molar-refractivity contribution is -0.0470. The summed E-state index contributed by atoms with van der Waals surface area (Å²) in [5, 5.41) is 27.7. The second-order valence-corrected chi connectivity index (χ2v) is 4.08.